The molecule has 0 spiro atoms. The minimum absolute atomic E-state index is 0.294. The van der Waals surface area contributed by atoms with Crippen molar-refractivity contribution in [3.8, 4) is 0 Å². The van der Waals surface area contributed by atoms with Gasteiger partial charge in [-0.2, -0.15) is 0 Å². The number of aliphatic hydroxyl groups is 1. The van der Waals surface area contributed by atoms with E-state index in [2.05, 4.69) is 33.4 Å². The van der Waals surface area contributed by atoms with Crippen molar-refractivity contribution in [3.05, 3.63) is 35.5 Å². The largest absolute Gasteiger partial charge is 0.429 e. The lowest BCUT2D eigenvalue weighted by Gasteiger charge is -2.59. The summed E-state index contributed by atoms with van der Waals surface area (Å²) in [6, 6.07) is 0. The second kappa shape index (κ2) is 7.70. The summed E-state index contributed by atoms with van der Waals surface area (Å²) in [5.74, 6) is 0.988. The number of rotatable bonds is 4. The van der Waals surface area contributed by atoms with Crippen molar-refractivity contribution in [1.82, 2.24) is 0 Å². The maximum atomic E-state index is 11.8. The molecule has 0 aromatic heterocycles. The van der Waals surface area contributed by atoms with Crippen LogP contribution in [0.15, 0.2) is 35.5 Å². The first-order valence-electron chi connectivity index (χ1n) is 11.3. The van der Waals surface area contributed by atoms with Crippen molar-refractivity contribution in [2.75, 3.05) is 6.61 Å². The van der Waals surface area contributed by atoms with Crippen LogP contribution in [0.25, 0.3) is 0 Å². The third-order valence-electron chi connectivity index (χ3n) is 8.77. The van der Waals surface area contributed by atoms with Crippen molar-refractivity contribution >= 4 is 5.97 Å². The van der Waals surface area contributed by atoms with Gasteiger partial charge in [0.1, 0.15) is 0 Å². The molecule has 4 rings (SSSR count). The highest BCUT2D eigenvalue weighted by atomic mass is 16.6. The molecule has 2 aliphatic heterocycles. The Labute approximate surface area is 175 Å². The molecule has 0 bridgehead atoms. The Kier molecular flexibility index (Phi) is 5.54. The highest BCUT2D eigenvalue weighted by Crippen LogP contribution is 2.62. The van der Waals surface area contributed by atoms with Crippen LogP contribution in [0.4, 0.5) is 0 Å². The smallest absolute Gasteiger partial charge is 0.339 e. The second-order valence-electron chi connectivity index (χ2n) is 10.2. The Bertz CT molecular complexity index is 750. The number of allylic oxidation sites excluding steroid dienone is 1. The Hall–Kier alpha value is -1.39. The summed E-state index contributed by atoms with van der Waals surface area (Å²) >= 11 is 0. The minimum atomic E-state index is -1.13. The molecule has 2 fully saturated rings. The summed E-state index contributed by atoms with van der Waals surface area (Å²) in [4.78, 5) is 11.8. The lowest BCUT2D eigenvalue weighted by atomic mass is 9.46. The Balaban J connectivity index is 1.42. The lowest BCUT2D eigenvalue weighted by Crippen LogP contribution is -2.50. The Morgan fingerprint density at radius 3 is 2.76 bits per heavy atom. The van der Waals surface area contributed by atoms with Gasteiger partial charge >= 0.3 is 5.97 Å². The SMILES string of the molecule is C=C1CCC[C@@H]2[C@@](C)(CCC3=CC[C@H](C4=CC(O)OC4=O)OC3)[C@@H](C)CC[C@@]12C. The number of carbonyl (C=O) groups excluding carboxylic acids is 1. The maximum absolute atomic E-state index is 11.8. The van der Waals surface area contributed by atoms with Crippen LogP contribution in [0.5, 0.6) is 0 Å². The Morgan fingerprint density at radius 2 is 2.10 bits per heavy atom. The standard InChI is InChI=1S/C25H36O4/c1-16-6-5-7-21-24(16,3)12-10-17(2)25(21,4)13-11-18-8-9-20(28-15-18)19-14-22(26)29-23(19)27/h8,14,17,20-22,26H,1,5-7,9-13,15H2,2-4H3/t17-,20+,21-,22?,24-,25-/m0/s1. The van der Waals surface area contributed by atoms with E-state index < -0.39 is 12.3 Å². The van der Waals surface area contributed by atoms with Gasteiger partial charge in [-0.25, -0.2) is 4.79 Å². The molecule has 29 heavy (non-hydrogen) atoms. The van der Waals surface area contributed by atoms with E-state index in [9.17, 15) is 9.90 Å². The average Bonchev–Trinajstić information content (AvgIpc) is 3.04. The van der Waals surface area contributed by atoms with Crippen LogP contribution in [-0.4, -0.2) is 30.1 Å². The van der Waals surface area contributed by atoms with Crippen molar-refractivity contribution in [2.45, 2.75) is 84.5 Å². The third kappa shape index (κ3) is 3.63. The normalized spacial score (nSPS) is 42.8. The number of carbonyl (C=O) groups is 1. The van der Waals surface area contributed by atoms with E-state index in [1.807, 2.05) is 0 Å². The molecule has 2 heterocycles. The molecule has 2 aliphatic carbocycles. The van der Waals surface area contributed by atoms with Gasteiger partial charge in [0.2, 0.25) is 6.29 Å². The number of hydrogen-bond acceptors (Lipinski definition) is 4. The zero-order valence-corrected chi connectivity index (χ0v) is 18.2. The quantitative estimate of drug-likeness (QED) is 0.528. The first-order valence-corrected chi connectivity index (χ1v) is 11.3. The van der Waals surface area contributed by atoms with Crippen LogP contribution in [0.2, 0.25) is 0 Å². The van der Waals surface area contributed by atoms with Crippen LogP contribution in [0, 0.1) is 22.7 Å². The van der Waals surface area contributed by atoms with E-state index in [-0.39, 0.29) is 6.10 Å². The first-order chi connectivity index (χ1) is 13.7. The molecule has 2 saturated carbocycles. The number of esters is 1. The predicted molar refractivity (Wildman–Crippen MR) is 113 cm³/mol. The zero-order valence-electron chi connectivity index (χ0n) is 18.2. The van der Waals surface area contributed by atoms with Gasteiger partial charge in [-0.05, 0) is 85.7 Å². The molecular weight excluding hydrogens is 364 g/mol. The fraction of sp³-hybridized carbons (Fsp3) is 0.720. The van der Waals surface area contributed by atoms with Gasteiger partial charge in [-0.1, -0.05) is 39.0 Å². The first kappa shape index (κ1) is 20.9. The topological polar surface area (TPSA) is 55.8 Å². The molecule has 4 heteroatoms. The number of cyclic esters (lactones) is 1. The predicted octanol–water partition coefficient (Wildman–Crippen LogP) is 5.08. The van der Waals surface area contributed by atoms with Crippen LogP contribution in [0.3, 0.4) is 0 Å². The number of hydrogen-bond donors (Lipinski definition) is 1. The Morgan fingerprint density at radius 1 is 1.31 bits per heavy atom. The number of aliphatic hydroxyl groups excluding tert-OH is 1. The molecule has 4 aliphatic rings. The summed E-state index contributed by atoms with van der Waals surface area (Å²) < 4.78 is 10.8. The zero-order chi connectivity index (χ0) is 20.8. The fourth-order valence-electron chi connectivity index (χ4n) is 6.49. The van der Waals surface area contributed by atoms with Crippen molar-refractivity contribution in [3.63, 3.8) is 0 Å². The monoisotopic (exact) mass is 400 g/mol. The molecule has 4 nitrogen and oxygen atoms in total. The van der Waals surface area contributed by atoms with E-state index >= 15 is 0 Å². The van der Waals surface area contributed by atoms with Gasteiger partial charge in [0.15, 0.2) is 0 Å². The molecular formula is C25H36O4. The van der Waals surface area contributed by atoms with Crippen molar-refractivity contribution in [2.24, 2.45) is 22.7 Å². The molecule has 1 unspecified atom stereocenters. The molecule has 0 aromatic carbocycles. The van der Waals surface area contributed by atoms with Gasteiger partial charge in [-0.3, -0.25) is 0 Å². The van der Waals surface area contributed by atoms with Gasteiger partial charge in [0.25, 0.3) is 0 Å². The van der Waals surface area contributed by atoms with Crippen LogP contribution in [0.1, 0.15) is 72.1 Å². The van der Waals surface area contributed by atoms with Crippen LogP contribution in [-0.2, 0) is 14.3 Å². The molecule has 6 atom stereocenters. The van der Waals surface area contributed by atoms with Crippen LogP contribution >= 0.6 is 0 Å². The molecule has 160 valence electrons. The average molecular weight is 401 g/mol. The highest BCUT2D eigenvalue weighted by molar-refractivity contribution is 5.91. The third-order valence-corrected chi connectivity index (χ3v) is 8.77. The summed E-state index contributed by atoms with van der Waals surface area (Å²) in [6.45, 7) is 12.5. The van der Waals surface area contributed by atoms with E-state index in [1.165, 1.54) is 55.7 Å². The van der Waals surface area contributed by atoms with E-state index in [4.69, 9.17) is 9.47 Å². The molecule has 0 saturated heterocycles. The van der Waals surface area contributed by atoms with E-state index in [0.29, 0.717) is 29.4 Å². The lowest BCUT2D eigenvalue weighted by molar-refractivity contribution is -0.152. The molecule has 0 amide bonds. The van der Waals surface area contributed by atoms with Crippen molar-refractivity contribution < 1.29 is 19.4 Å². The van der Waals surface area contributed by atoms with Gasteiger partial charge in [0.05, 0.1) is 18.3 Å². The van der Waals surface area contributed by atoms with E-state index in [0.717, 1.165) is 18.3 Å². The highest BCUT2D eigenvalue weighted by Gasteiger charge is 2.53. The summed E-state index contributed by atoms with van der Waals surface area (Å²) in [5.41, 5.74) is 3.91. The fourth-order valence-corrected chi connectivity index (χ4v) is 6.49. The second-order valence-corrected chi connectivity index (χ2v) is 10.2. The van der Waals surface area contributed by atoms with Gasteiger partial charge in [0, 0.05) is 0 Å². The summed E-state index contributed by atoms with van der Waals surface area (Å²) in [5, 5.41) is 9.47. The van der Waals surface area contributed by atoms with Crippen LogP contribution < -0.4 is 0 Å². The molecule has 1 N–H and O–H groups in total. The van der Waals surface area contributed by atoms with E-state index in [1.54, 1.807) is 0 Å². The van der Waals surface area contributed by atoms with Gasteiger partial charge < -0.3 is 14.6 Å². The van der Waals surface area contributed by atoms with Crippen molar-refractivity contribution in [1.29, 1.82) is 0 Å². The molecule has 0 radical (unpaired) electrons. The minimum Gasteiger partial charge on any atom is -0.429 e. The summed E-state index contributed by atoms with van der Waals surface area (Å²) in [7, 11) is 0. The summed E-state index contributed by atoms with van der Waals surface area (Å²) in [6.07, 6.45) is 11.6. The van der Waals surface area contributed by atoms with Gasteiger partial charge in [-0.15, -0.1) is 0 Å². The molecule has 0 aromatic rings. The maximum Gasteiger partial charge on any atom is 0.339 e. The number of ether oxygens (including phenoxy) is 2. The number of fused-ring (bicyclic) bond motifs is 1.